The zero-order valence-electron chi connectivity index (χ0n) is 16.3. The molecule has 27 heavy (non-hydrogen) atoms. The van der Waals surface area contributed by atoms with Gasteiger partial charge in [0.2, 0.25) is 0 Å². The van der Waals surface area contributed by atoms with Gasteiger partial charge in [-0.3, -0.25) is 0 Å². The van der Waals surface area contributed by atoms with Crippen LogP contribution in [0.25, 0.3) is 5.69 Å². The zero-order chi connectivity index (χ0) is 18.9. The predicted octanol–water partition coefficient (Wildman–Crippen LogP) is 3.06. The molecule has 1 aromatic carbocycles. The van der Waals surface area contributed by atoms with Crippen LogP contribution in [0.2, 0.25) is 0 Å². The Bertz CT molecular complexity index is 779. The smallest absolute Gasteiger partial charge is 0.317 e. The number of para-hydroxylation sites is 1. The van der Waals surface area contributed by atoms with E-state index in [1.807, 2.05) is 59.2 Å². The van der Waals surface area contributed by atoms with Gasteiger partial charge in [-0.25, -0.2) is 9.48 Å². The van der Waals surface area contributed by atoms with Crippen LogP contribution in [0.1, 0.15) is 37.8 Å². The number of rotatable bonds is 3. The molecule has 0 aliphatic carbocycles. The Hall–Kier alpha value is -2.34. The van der Waals surface area contributed by atoms with Crippen LogP contribution in [-0.4, -0.2) is 58.8 Å². The number of benzene rings is 1. The highest BCUT2D eigenvalue weighted by Gasteiger charge is 2.41. The number of amides is 2. The molecule has 3 heterocycles. The van der Waals surface area contributed by atoms with Crippen LogP contribution in [0.3, 0.4) is 0 Å². The third kappa shape index (κ3) is 3.86. The van der Waals surface area contributed by atoms with Crippen molar-refractivity contribution in [1.82, 2.24) is 24.9 Å². The number of carbonyl (C=O) groups excluding carboxylic acids is 1. The number of aromatic nitrogens is 2. The summed E-state index contributed by atoms with van der Waals surface area (Å²) < 4.78 is 1.85. The van der Waals surface area contributed by atoms with E-state index in [4.69, 9.17) is 0 Å². The highest BCUT2D eigenvalue weighted by atomic mass is 16.2. The maximum absolute atomic E-state index is 12.8. The maximum Gasteiger partial charge on any atom is 0.317 e. The largest absolute Gasteiger partial charge is 0.331 e. The molecule has 2 saturated heterocycles. The van der Waals surface area contributed by atoms with Crippen LogP contribution in [0.15, 0.2) is 42.7 Å². The minimum Gasteiger partial charge on any atom is -0.331 e. The Morgan fingerprint density at radius 2 is 1.85 bits per heavy atom. The van der Waals surface area contributed by atoms with Crippen molar-refractivity contribution in [3.05, 3.63) is 48.3 Å². The number of hydrogen-bond donors (Lipinski definition) is 1. The number of piperidine rings is 1. The molecule has 0 bridgehead atoms. The van der Waals surface area contributed by atoms with Gasteiger partial charge in [0.15, 0.2) is 0 Å². The summed E-state index contributed by atoms with van der Waals surface area (Å²) in [4.78, 5) is 17.2. The van der Waals surface area contributed by atoms with Crippen molar-refractivity contribution in [2.45, 2.75) is 32.2 Å². The van der Waals surface area contributed by atoms with E-state index < -0.39 is 0 Å². The van der Waals surface area contributed by atoms with E-state index in [9.17, 15) is 4.79 Å². The number of urea groups is 1. The van der Waals surface area contributed by atoms with Gasteiger partial charge in [0.25, 0.3) is 0 Å². The van der Waals surface area contributed by atoms with Gasteiger partial charge in [-0.05, 0) is 63.9 Å². The van der Waals surface area contributed by atoms with Crippen LogP contribution in [-0.2, 0) is 0 Å². The molecule has 2 fully saturated rings. The first-order valence-corrected chi connectivity index (χ1v) is 9.89. The van der Waals surface area contributed by atoms with Crippen LogP contribution >= 0.6 is 0 Å². The van der Waals surface area contributed by atoms with Crippen LogP contribution in [0, 0.1) is 5.41 Å². The molecule has 1 unspecified atom stereocenters. The Balaban J connectivity index is 1.35. The van der Waals surface area contributed by atoms with Crippen LogP contribution < -0.4 is 5.32 Å². The van der Waals surface area contributed by atoms with Gasteiger partial charge >= 0.3 is 6.03 Å². The number of carbonyl (C=O) groups is 1. The first kappa shape index (κ1) is 18.0. The first-order chi connectivity index (χ1) is 13.0. The van der Waals surface area contributed by atoms with E-state index in [0.29, 0.717) is 5.41 Å². The van der Waals surface area contributed by atoms with E-state index in [0.717, 1.165) is 43.9 Å². The van der Waals surface area contributed by atoms with Crippen LogP contribution in [0.5, 0.6) is 0 Å². The topological polar surface area (TPSA) is 53.4 Å². The molecule has 1 atom stereocenters. The van der Waals surface area contributed by atoms with Gasteiger partial charge < -0.3 is 15.1 Å². The van der Waals surface area contributed by atoms with Crippen LogP contribution in [0.4, 0.5) is 4.79 Å². The van der Waals surface area contributed by atoms with Gasteiger partial charge in [0.1, 0.15) is 0 Å². The Morgan fingerprint density at radius 3 is 2.59 bits per heavy atom. The molecule has 144 valence electrons. The lowest BCUT2D eigenvalue weighted by Crippen LogP contribution is -2.43. The SMILES string of the molecule is CC(NC(=O)N1CCC2(CCN(C)CC2)C1)c1cnn(-c2ccccc2)c1. The molecule has 1 N–H and O–H groups in total. The van der Waals surface area contributed by atoms with E-state index in [-0.39, 0.29) is 12.1 Å². The molecule has 2 amide bonds. The maximum atomic E-state index is 12.8. The number of nitrogens with zero attached hydrogens (tertiary/aromatic N) is 4. The monoisotopic (exact) mass is 367 g/mol. The van der Waals surface area contributed by atoms with Crippen molar-refractivity contribution < 1.29 is 4.79 Å². The number of hydrogen-bond acceptors (Lipinski definition) is 3. The molecule has 2 aliphatic heterocycles. The molecule has 4 rings (SSSR count). The van der Waals surface area contributed by atoms with Crippen molar-refractivity contribution >= 4 is 6.03 Å². The minimum atomic E-state index is -0.0657. The molecule has 2 aliphatic rings. The quantitative estimate of drug-likeness (QED) is 0.907. The summed E-state index contributed by atoms with van der Waals surface area (Å²) in [6, 6.07) is 10.00. The number of nitrogens with one attached hydrogen (secondary N) is 1. The van der Waals surface area contributed by atoms with Gasteiger partial charge in [-0.15, -0.1) is 0 Å². The summed E-state index contributed by atoms with van der Waals surface area (Å²) >= 11 is 0. The molecule has 2 aromatic rings. The molecule has 0 radical (unpaired) electrons. The van der Waals surface area contributed by atoms with Gasteiger partial charge in [-0.1, -0.05) is 18.2 Å². The third-order valence-corrected chi connectivity index (χ3v) is 6.24. The fourth-order valence-corrected chi connectivity index (χ4v) is 4.25. The summed E-state index contributed by atoms with van der Waals surface area (Å²) in [7, 11) is 2.18. The average Bonchev–Trinajstić information content (AvgIpc) is 3.33. The molecule has 1 spiro atoms. The van der Waals surface area contributed by atoms with Crippen molar-refractivity contribution in [3.63, 3.8) is 0 Å². The second-order valence-corrected chi connectivity index (χ2v) is 8.20. The first-order valence-electron chi connectivity index (χ1n) is 9.89. The predicted molar refractivity (Wildman–Crippen MR) is 106 cm³/mol. The van der Waals surface area contributed by atoms with Crippen molar-refractivity contribution in [2.75, 3.05) is 33.2 Å². The van der Waals surface area contributed by atoms with Crippen molar-refractivity contribution in [1.29, 1.82) is 0 Å². The average molecular weight is 367 g/mol. The summed E-state index contributed by atoms with van der Waals surface area (Å²) in [5.74, 6) is 0. The summed E-state index contributed by atoms with van der Waals surface area (Å²) in [6.07, 6.45) is 7.36. The lowest BCUT2D eigenvalue weighted by molar-refractivity contribution is 0.127. The molecular formula is C21H29N5O. The minimum absolute atomic E-state index is 0.0470. The van der Waals surface area contributed by atoms with E-state index in [1.54, 1.807) is 0 Å². The number of likely N-dealkylation sites (tertiary alicyclic amines) is 2. The Kier molecular flexibility index (Phi) is 4.91. The summed E-state index contributed by atoms with van der Waals surface area (Å²) in [5, 5.41) is 7.59. The van der Waals surface area contributed by atoms with Crippen molar-refractivity contribution in [3.8, 4) is 5.69 Å². The highest BCUT2D eigenvalue weighted by Crippen LogP contribution is 2.40. The van der Waals surface area contributed by atoms with E-state index >= 15 is 0 Å². The Morgan fingerprint density at radius 1 is 1.15 bits per heavy atom. The summed E-state index contributed by atoms with van der Waals surface area (Å²) in [5.41, 5.74) is 2.37. The summed E-state index contributed by atoms with van der Waals surface area (Å²) in [6.45, 7) is 6.06. The molecular weight excluding hydrogens is 338 g/mol. The lowest BCUT2D eigenvalue weighted by atomic mass is 9.78. The molecule has 6 nitrogen and oxygen atoms in total. The second-order valence-electron chi connectivity index (χ2n) is 8.20. The third-order valence-electron chi connectivity index (χ3n) is 6.24. The van der Waals surface area contributed by atoms with Gasteiger partial charge in [0, 0.05) is 24.8 Å². The molecule has 6 heteroatoms. The zero-order valence-corrected chi connectivity index (χ0v) is 16.3. The van der Waals surface area contributed by atoms with E-state index in [2.05, 4.69) is 22.4 Å². The molecule has 1 aromatic heterocycles. The standard InChI is InChI=1S/C21H29N5O/c1-17(18-14-22-26(15-18)19-6-4-3-5-7-19)23-20(27)25-13-10-21(16-25)8-11-24(2)12-9-21/h3-7,14-15,17H,8-13,16H2,1-2H3,(H,23,27). The highest BCUT2D eigenvalue weighted by molar-refractivity contribution is 5.75. The van der Waals surface area contributed by atoms with Crippen molar-refractivity contribution in [2.24, 2.45) is 5.41 Å². The fraction of sp³-hybridized carbons (Fsp3) is 0.524. The Labute approximate surface area is 161 Å². The normalized spacial score (nSPS) is 20.7. The fourth-order valence-electron chi connectivity index (χ4n) is 4.25. The lowest BCUT2D eigenvalue weighted by Gasteiger charge is -2.37. The van der Waals surface area contributed by atoms with Gasteiger partial charge in [0.05, 0.1) is 17.9 Å². The van der Waals surface area contributed by atoms with E-state index in [1.165, 1.54) is 12.8 Å². The van der Waals surface area contributed by atoms with Gasteiger partial charge in [-0.2, -0.15) is 5.10 Å². The second kappa shape index (κ2) is 7.35. The molecule has 0 saturated carbocycles.